The molecule has 0 saturated carbocycles. The maximum atomic E-state index is 11.8. The Morgan fingerprint density at radius 2 is 2.19 bits per heavy atom. The largest absolute Gasteiger partial charge is 0.355 e. The predicted octanol–water partition coefficient (Wildman–Crippen LogP) is -0.375. The molecule has 1 saturated heterocycles. The number of nitrogens with one attached hydrogen (secondary N) is 3. The molecular weight excluding hydrogens is 206 g/mol. The van der Waals surface area contributed by atoms with Crippen molar-refractivity contribution in [2.75, 3.05) is 13.1 Å². The number of hydrogen-bond donors (Lipinski definition) is 3. The molecule has 5 heteroatoms. The Bertz CT molecular complexity index is 268. The first-order chi connectivity index (χ1) is 7.56. The van der Waals surface area contributed by atoms with Gasteiger partial charge in [0.05, 0.1) is 6.04 Å². The molecule has 1 aliphatic rings. The van der Waals surface area contributed by atoms with Crippen LogP contribution in [0.3, 0.4) is 0 Å². The Morgan fingerprint density at radius 3 is 2.69 bits per heavy atom. The molecule has 92 valence electrons. The third-order valence-corrected chi connectivity index (χ3v) is 2.92. The van der Waals surface area contributed by atoms with Gasteiger partial charge in [-0.1, -0.05) is 6.92 Å². The van der Waals surface area contributed by atoms with Gasteiger partial charge in [0.15, 0.2) is 0 Å². The highest BCUT2D eigenvalue weighted by Crippen LogP contribution is 2.14. The Balaban J connectivity index is 2.41. The fraction of sp³-hybridized carbons (Fsp3) is 0.818. The topological polar surface area (TPSA) is 70.2 Å². The number of carbonyl (C=O) groups is 2. The SMILES string of the molecule is CCNC(=O)C(C)NC(=O)C1NCCC1C. The molecule has 0 radical (unpaired) electrons. The Kier molecular flexibility index (Phi) is 4.73. The van der Waals surface area contributed by atoms with Crippen molar-refractivity contribution < 1.29 is 9.59 Å². The van der Waals surface area contributed by atoms with Crippen molar-refractivity contribution in [3.8, 4) is 0 Å². The highest BCUT2D eigenvalue weighted by molar-refractivity contribution is 5.89. The maximum Gasteiger partial charge on any atom is 0.242 e. The molecule has 3 unspecified atom stereocenters. The fourth-order valence-corrected chi connectivity index (χ4v) is 1.88. The first-order valence-corrected chi connectivity index (χ1v) is 5.87. The van der Waals surface area contributed by atoms with Gasteiger partial charge >= 0.3 is 0 Å². The zero-order valence-corrected chi connectivity index (χ0v) is 10.2. The zero-order chi connectivity index (χ0) is 12.1. The minimum absolute atomic E-state index is 0.0799. The van der Waals surface area contributed by atoms with Crippen molar-refractivity contribution in [3.05, 3.63) is 0 Å². The van der Waals surface area contributed by atoms with Crippen LogP contribution in [0.2, 0.25) is 0 Å². The van der Waals surface area contributed by atoms with Crippen molar-refractivity contribution in [1.29, 1.82) is 0 Å². The average molecular weight is 227 g/mol. The van der Waals surface area contributed by atoms with E-state index in [0.29, 0.717) is 12.5 Å². The average Bonchev–Trinajstić information content (AvgIpc) is 2.64. The summed E-state index contributed by atoms with van der Waals surface area (Å²) in [6.45, 7) is 7.04. The lowest BCUT2D eigenvalue weighted by Crippen LogP contribution is -2.51. The van der Waals surface area contributed by atoms with Crippen LogP contribution in [0.15, 0.2) is 0 Å². The molecule has 2 amide bonds. The third-order valence-electron chi connectivity index (χ3n) is 2.92. The standard InChI is InChI=1S/C11H21N3O2/c1-4-12-10(15)8(3)14-11(16)9-7(2)5-6-13-9/h7-9,13H,4-6H2,1-3H3,(H,12,15)(H,14,16). The Hall–Kier alpha value is -1.10. The number of hydrogen-bond acceptors (Lipinski definition) is 3. The summed E-state index contributed by atoms with van der Waals surface area (Å²) >= 11 is 0. The maximum absolute atomic E-state index is 11.8. The molecule has 1 aliphatic heterocycles. The number of likely N-dealkylation sites (N-methyl/N-ethyl adjacent to an activating group) is 1. The molecule has 0 spiro atoms. The van der Waals surface area contributed by atoms with E-state index in [2.05, 4.69) is 16.0 Å². The third kappa shape index (κ3) is 3.20. The van der Waals surface area contributed by atoms with Gasteiger partial charge in [0.1, 0.15) is 6.04 Å². The van der Waals surface area contributed by atoms with Crippen LogP contribution in [0, 0.1) is 5.92 Å². The van der Waals surface area contributed by atoms with Crippen LogP contribution >= 0.6 is 0 Å². The van der Waals surface area contributed by atoms with E-state index in [9.17, 15) is 9.59 Å². The van der Waals surface area contributed by atoms with Crippen molar-refractivity contribution in [1.82, 2.24) is 16.0 Å². The van der Waals surface area contributed by atoms with Gasteiger partial charge in [0.25, 0.3) is 0 Å². The molecule has 5 nitrogen and oxygen atoms in total. The summed E-state index contributed by atoms with van der Waals surface area (Å²) in [7, 11) is 0. The second kappa shape index (κ2) is 5.84. The van der Waals surface area contributed by atoms with E-state index in [0.717, 1.165) is 13.0 Å². The van der Waals surface area contributed by atoms with Crippen LogP contribution < -0.4 is 16.0 Å². The molecule has 16 heavy (non-hydrogen) atoms. The lowest BCUT2D eigenvalue weighted by atomic mass is 10.0. The first kappa shape index (κ1) is 13.0. The quantitative estimate of drug-likeness (QED) is 0.613. The van der Waals surface area contributed by atoms with Crippen LogP contribution in [-0.4, -0.2) is 37.0 Å². The smallest absolute Gasteiger partial charge is 0.242 e. The molecule has 0 bridgehead atoms. The van der Waals surface area contributed by atoms with E-state index in [4.69, 9.17) is 0 Å². The lowest BCUT2D eigenvalue weighted by molar-refractivity contribution is -0.129. The molecular formula is C11H21N3O2. The van der Waals surface area contributed by atoms with Crippen LogP contribution in [-0.2, 0) is 9.59 Å². The van der Waals surface area contributed by atoms with Crippen LogP contribution in [0.4, 0.5) is 0 Å². The molecule has 1 rings (SSSR count). The molecule has 1 heterocycles. The van der Waals surface area contributed by atoms with E-state index < -0.39 is 6.04 Å². The minimum Gasteiger partial charge on any atom is -0.355 e. The van der Waals surface area contributed by atoms with Crippen molar-refractivity contribution in [2.45, 2.75) is 39.3 Å². The summed E-state index contributed by atoms with van der Waals surface area (Å²) in [6.07, 6.45) is 1.01. The fourth-order valence-electron chi connectivity index (χ4n) is 1.88. The molecule has 1 fully saturated rings. The summed E-state index contributed by atoms with van der Waals surface area (Å²) in [6, 6.07) is -0.626. The van der Waals surface area contributed by atoms with E-state index in [1.807, 2.05) is 13.8 Å². The Morgan fingerprint density at radius 1 is 1.50 bits per heavy atom. The van der Waals surface area contributed by atoms with Gasteiger partial charge in [-0.3, -0.25) is 9.59 Å². The van der Waals surface area contributed by atoms with Crippen molar-refractivity contribution in [3.63, 3.8) is 0 Å². The second-order valence-electron chi connectivity index (χ2n) is 4.32. The highest BCUT2D eigenvalue weighted by Gasteiger charge is 2.30. The van der Waals surface area contributed by atoms with E-state index in [1.54, 1.807) is 6.92 Å². The summed E-state index contributed by atoms with van der Waals surface area (Å²) in [5.41, 5.74) is 0. The van der Waals surface area contributed by atoms with Crippen molar-refractivity contribution in [2.24, 2.45) is 5.92 Å². The summed E-state index contributed by atoms with van der Waals surface area (Å²) in [5, 5.41) is 8.54. The number of rotatable bonds is 4. The molecule has 0 aromatic rings. The van der Waals surface area contributed by atoms with Gasteiger partial charge in [-0.15, -0.1) is 0 Å². The predicted molar refractivity (Wildman–Crippen MR) is 61.9 cm³/mol. The molecule has 3 N–H and O–H groups in total. The number of amides is 2. The number of carbonyl (C=O) groups excluding carboxylic acids is 2. The summed E-state index contributed by atoms with van der Waals surface area (Å²) in [5.74, 6) is 0.117. The summed E-state index contributed by atoms with van der Waals surface area (Å²) < 4.78 is 0. The van der Waals surface area contributed by atoms with Gasteiger partial charge < -0.3 is 16.0 Å². The van der Waals surface area contributed by atoms with Gasteiger partial charge in [-0.05, 0) is 32.7 Å². The monoisotopic (exact) mass is 227 g/mol. The highest BCUT2D eigenvalue weighted by atomic mass is 16.2. The van der Waals surface area contributed by atoms with Crippen LogP contribution in [0.25, 0.3) is 0 Å². The van der Waals surface area contributed by atoms with Crippen LogP contribution in [0.5, 0.6) is 0 Å². The lowest BCUT2D eigenvalue weighted by Gasteiger charge is -2.19. The van der Waals surface area contributed by atoms with Gasteiger partial charge in [-0.2, -0.15) is 0 Å². The van der Waals surface area contributed by atoms with E-state index in [1.165, 1.54) is 0 Å². The van der Waals surface area contributed by atoms with Gasteiger partial charge in [0, 0.05) is 6.54 Å². The molecule has 0 aromatic heterocycles. The van der Waals surface area contributed by atoms with Gasteiger partial charge in [0.2, 0.25) is 11.8 Å². The summed E-state index contributed by atoms with van der Waals surface area (Å²) in [4.78, 5) is 23.2. The molecule has 3 atom stereocenters. The Labute approximate surface area is 96.4 Å². The molecule has 0 aromatic carbocycles. The van der Waals surface area contributed by atoms with E-state index >= 15 is 0 Å². The minimum atomic E-state index is -0.470. The zero-order valence-electron chi connectivity index (χ0n) is 10.2. The van der Waals surface area contributed by atoms with Gasteiger partial charge in [-0.25, -0.2) is 0 Å². The normalized spacial score (nSPS) is 26.2. The van der Waals surface area contributed by atoms with E-state index in [-0.39, 0.29) is 17.9 Å². The van der Waals surface area contributed by atoms with Crippen LogP contribution in [0.1, 0.15) is 27.2 Å². The first-order valence-electron chi connectivity index (χ1n) is 5.87. The second-order valence-corrected chi connectivity index (χ2v) is 4.32. The molecule has 0 aliphatic carbocycles. The van der Waals surface area contributed by atoms with Crippen molar-refractivity contribution >= 4 is 11.8 Å².